The normalized spacial score (nSPS) is 10.8. The number of ether oxygens (including phenoxy) is 3. The summed E-state index contributed by atoms with van der Waals surface area (Å²) in [5.41, 5.74) is 2.97. The van der Waals surface area contributed by atoms with Gasteiger partial charge in [-0.05, 0) is 47.5 Å². The second kappa shape index (κ2) is 11.6. The van der Waals surface area contributed by atoms with Crippen molar-refractivity contribution in [2.75, 3.05) is 7.11 Å². The minimum absolute atomic E-state index is 0.0180. The Morgan fingerprint density at radius 2 is 1.37 bits per heavy atom. The predicted molar refractivity (Wildman–Crippen MR) is 136 cm³/mol. The summed E-state index contributed by atoms with van der Waals surface area (Å²) < 4.78 is 17.2. The van der Waals surface area contributed by atoms with Gasteiger partial charge in [-0.3, -0.25) is 4.79 Å². The molecule has 4 aromatic carbocycles. The number of methoxy groups -OCH3 is 1. The third-order valence-electron chi connectivity index (χ3n) is 5.37. The number of para-hydroxylation sites is 1. The molecule has 5 nitrogen and oxygen atoms in total. The number of hydrogen-bond donors (Lipinski definition) is 1. The number of rotatable bonds is 10. The Balaban J connectivity index is 1.55. The molecule has 0 atom stereocenters. The highest BCUT2D eigenvalue weighted by molar-refractivity contribution is 6.07. The zero-order valence-corrected chi connectivity index (χ0v) is 19.4. The van der Waals surface area contributed by atoms with Crippen molar-refractivity contribution in [3.63, 3.8) is 0 Å². The van der Waals surface area contributed by atoms with Crippen LogP contribution in [0.5, 0.6) is 23.0 Å². The van der Waals surface area contributed by atoms with Crippen molar-refractivity contribution in [3.8, 4) is 23.0 Å². The van der Waals surface area contributed by atoms with Gasteiger partial charge in [-0.1, -0.05) is 72.8 Å². The molecule has 0 amide bonds. The third kappa shape index (κ3) is 6.30. The number of aromatic hydroxyl groups is 1. The molecule has 0 spiro atoms. The van der Waals surface area contributed by atoms with Crippen LogP contribution in [-0.2, 0) is 13.2 Å². The summed E-state index contributed by atoms with van der Waals surface area (Å²) in [7, 11) is 1.48. The molecule has 0 saturated heterocycles. The number of phenols is 1. The van der Waals surface area contributed by atoms with Gasteiger partial charge >= 0.3 is 0 Å². The van der Waals surface area contributed by atoms with Crippen LogP contribution in [0.2, 0.25) is 0 Å². The molecule has 5 heteroatoms. The van der Waals surface area contributed by atoms with Gasteiger partial charge in [0.15, 0.2) is 28.8 Å². The zero-order chi connectivity index (χ0) is 24.5. The Labute approximate surface area is 204 Å². The van der Waals surface area contributed by atoms with Crippen molar-refractivity contribution in [3.05, 3.63) is 125 Å². The van der Waals surface area contributed by atoms with Crippen LogP contribution in [0.1, 0.15) is 27.0 Å². The average Bonchev–Trinajstić information content (AvgIpc) is 2.91. The molecule has 0 bridgehead atoms. The lowest BCUT2D eigenvalue weighted by molar-refractivity contribution is 0.104. The number of carbonyl (C=O) groups excluding carboxylic acids is 1. The molecule has 1 N–H and O–H groups in total. The summed E-state index contributed by atoms with van der Waals surface area (Å²) in [4.78, 5) is 12.9. The van der Waals surface area contributed by atoms with Gasteiger partial charge in [0.05, 0.1) is 7.11 Å². The Morgan fingerprint density at radius 3 is 2.00 bits per heavy atom. The lowest BCUT2D eigenvalue weighted by Crippen LogP contribution is -2.03. The van der Waals surface area contributed by atoms with E-state index in [-0.39, 0.29) is 11.5 Å². The summed E-state index contributed by atoms with van der Waals surface area (Å²) in [6.45, 7) is 0.721. The molecule has 176 valence electrons. The highest BCUT2D eigenvalue weighted by Gasteiger charge is 2.12. The van der Waals surface area contributed by atoms with Crippen molar-refractivity contribution < 1.29 is 24.1 Å². The first kappa shape index (κ1) is 23.6. The molecule has 0 aliphatic rings. The molecule has 4 aromatic rings. The van der Waals surface area contributed by atoms with E-state index < -0.39 is 0 Å². The van der Waals surface area contributed by atoms with Crippen molar-refractivity contribution >= 4 is 11.9 Å². The predicted octanol–water partition coefficient (Wildman–Crippen LogP) is 6.45. The number of allylic oxidation sites excluding steroid dienone is 1. The number of ketones is 1. The molecule has 35 heavy (non-hydrogen) atoms. The molecule has 0 saturated carbocycles. The van der Waals surface area contributed by atoms with Crippen molar-refractivity contribution in [2.24, 2.45) is 0 Å². The van der Waals surface area contributed by atoms with E-state index >= 15 is 0 Å². The topological polar surface area (TPSA) is 65.0 Å². The van der Waals surface area contributed by atoms with Crippen LogP contribution in [0.4, 0.5) is 0 Å². The molecule has 0 aromatic heterocycles. The first-order chi connectivity index (χ1) is 17.1. The molecular formula is C30H26O5. The fourth-order valence-corrected chi connectivity index (χ4v) is 3.46. The van der Waals surface area contributed by atoms with E-state index in [0.717, 1.165) is 11.1 Å². The first-order valence-electron chi connectivity index (χ1n) is 11.2. The lowest BCUT2D eigenvalue weighted by Gasteiger charge is -2.14. The van der Waals surface area contributed by atoms with E-state index in [1.54, 1.807) is 42.5 Å². The molecule has 0 heterocycles. The van der Waals surface area contributed by atoms with Gasteiger partial charge in [0.2, 0.25) is 0 Å². The van der Waals surface area contributed by atoms with E-state index in [1.165, 1.54) is 13.2 Å². The van der Waals surface area contributed by atoms with Gasteiger partial charge in [0, 0.05) is 11.1 Å². The fraction of sp³-hybridized carbons (Fsp3) is 0.100. The summed E-state index contributed by atoms with van der Waals surface area (Å²) >= 11 is 0. The molecule has 0 unspecified atom stereocenters. The average molecular weight is 467 g/mol. The van der Waals surface area contributed by atoms with E-state index in [0.29, 0.717) is 41.6 Å². The highest BCUT2D eigenvalue weighted by Crippen LogP contribution is 2.32. The maximum Gasteiger partial charge on any atom is 0.185 e. The van der Waals surface area contributed by atoms with Gasteiger partial charge in [-0.2, -0.15) is 0 Å². The molecule has 0 radical (unpaired) electrons. The fourth-order valence-electron chi connectivity index (χ4n) is 3.46. The second-order valence-corrected chi connectivity index (χ2v) is 7.81. The largest absolute Gasteiger partial charge is 0.504 e. The first-order valence-corrected chi connectivity index (χ1v) is 11.2. The molecule has 0 aliphatic heterocycles. The number of benzene rings is 4. The standard InChI is InChI=1S/C30H26O5/c1-33-28-14-8-13-24(30(28)32)15-17-26(31)25-16-18-27(34-20-22-9-4-2-5-10-22)29(19-25)35-21-23-11-6-3-7-12-23/h2-19,32H,20-21H2,1H3/b17-15+. The van der Waals surface area contributed by atoms with Crippen LogP contribution < -0.4 is 14.2 Å². The monoisotopic (exact) mass is 466 g/mol. The Hall–Kier alpha value is -4.51. The second-order valence-electron chi connectivity index (χ2n) is 7.81. The van der Waals surface area contributed by atoms with E-state index in [9.17, 15) is 9.90 Å². The third-order valence-corrected chi connectivity index (χ3v) is 5.37. The van der Waals surface area contributed by atoms with Crippen LogP contribution in [0.15, 0.2) is 103 Å². The highest BCUT2D eigenvalue weighted by atomic mass is 16.5. The lowest BCUT2D eigenvalue weighted by atomic mass is 10.1. The number of phenolic OH excluding ortho intramolecular Hbond substituents is 1. The Bertz CT molecular complexity index is 1300. The van der Waals surface area contributed by atoms with Gasteiger partial charge in [0.1, 0.15) is 13.2 Å². The number of hydrogen-bond acceptors (Lipinski definition) is 5. The van der Waals surface area contributed by atoms with E-state index in [1.807, 2.05) is 60.7 Å². The van der Waals surface area contributed by atoms with Crippen LogP contribution in [-0.4, -0.2) is 18.0 Å². The van der Waals surface area contributed by atoms with Gasteiger partial charge < -0.3 is 19.3 Å². The van der Waals surface area contributed by atoms with Crippen molar-refractivity contribution in [1.29, 1.82) is 0 Å². The maximum atomic E-state index is 12.9. The SMILES string of the molecule is COc1cccc(/C=C/C(=O)c2ccc(OCc3ccccc3)c(OCc3ccccc3)c2)c1O. The minimum atomic E-state index is -0.230. The summed E-state index contributed by atoms with van der Waals surface area (Å²) in [5.74, 6) is 1.13. The smallest absolute Gasteiger partial charge is 0.185 e. The zero-order valence-electron chi connectivity index (χ0n) is 19.4. The Morgan fingerprint density at radius 1 is 0.743 bits per heavy atom. The summed E-state index contributed by atoms with van der Waals surface area (Å²) in [6.07, 6.45) is 2.97. The Kier molecular flexibility index (Phi) is 7.81. The number of carbonyl (C=O) groups is 1. The van der Waals surface area contributed by atoms with Crippen molar-refractivity contribution in [2.45, 2.75) is 13.2 Å². The molecule has 4 rings (SSSR count). The summed E-state index contributed by atoms with van der Waals surface area (Å²) in [6, 6.07) is 29.9. The molecule has 0 fully saturated rings. The van der Waals surface area contributed by atoms with E-state index in [4.69, 9.17) is 14.2 Å². The van der Waals surface area contributed by atoms with Crippen LogP contribution in [0.25, 0.3) is 6.08 Å². The van der Waals surface area contributed by atoms with E-state index in [2.05, 4.69) is 0 Å². The quantitative estimate of drug-likeness (QED) is 0.215. The summed E-state index contributed by atoms with van der Waals surface area (Å²) in [5, 5.41) is 10.3. The molecular weight excluding hydrogens is 440 g/mol. The van der Waals surface area contributed by atoms with Gasteiger partial charge in [-0.15, -0.1) is 0 Å². The van der Waals surface area contributed by atoms with Gasteiger partial charge in [-0.25, -0.2) is 0 Å². The minimum Gasteiger partial charge on any atom is -0.504 e. The van der Waals surface area contributed by atoms with Crippen LogP contribution in [0.3, 0.4) is 0 Å². The van der Waals surface area contributed by atoms with Gasteiger partial charge in [0.25, 0.3) is 0 Å². The van der Waals surface area contributed by atoms with Crippen molar-refractivity contribution in [1.82, 2.24) is 0 Å². The molecule has 0 aliphatic carbocycles. The maximum absolute atomic E-state index is 12.9. The van der Waals surface area contributed by atoms with Crippen LogP contribution >= 0.6 is 0 Å². The van der Waals surface area contributed by atoms with Crippen LogP contribution in [0, 0.1) is 0 Å².